The van der Waals surface area contributed by atoms with E-state index in [-0.39, 0.29) is 79.5 Å². The quantitative estimate of drug-likeness (QED) is 0.285. The summed E-state index contributed by atoms with van der Waals surface area (Å²) in [5, 5.41) is 8.62. The van der Waals surface area contributed by atoms with Crippen molar-refractivity contribution >= 4 is 34.9 Å². The molecule has 0 bridgehead atoms. The van der Waals surface area contributed by atoms with Crippen LogP contribution in [0.4, 0.5) is 0 Å². The molecule has 3 unspecified atom stereocenters. The van der Waals surface area contributed by atoms with E-state index < -0.39 is 12.1 Å². The summed E-state index contributed by atoms with van der Waals surface area (Å²) in [6.07, 6.45) is 2.35. The molecule has 0 aliphatic rings. The first-order valence-electron chi connectivity index (χ1n) is 11.2. The minimum absolute atomic E-state index is 0.0137. The minimum Gasteiger partial charge on any atom is -0.353 e. The van der Waals surface area contributed by atoms with E-state index in [9.17, 15) is 28.8 Å². The van der Waals surface area contributed by atoms with Gasteiger partial charge in [-0.05, 0) is 54.0 Å². The molecule has 0 saturated carbocycles. The van der Waals surface area contributed by atoms with Crippen LogP contribution in [-0.4, -0.2) is 60.1 Å². The van der Waals surface area contributed by atoms with E-state index in [1.54, 1.807) is 7.05 Å². The molecule has 0 radical (unpaired) electrons. The van der Waals surface area contributed by atoms with Gasteiger partial charge < -0.3 is 25.5 Å². The van der Waals surface area contributed by atoms with Crippen molar-refractivity contribution in [2.45, 2.75) is 104 Å². The van der Waals surface area contributed by atoms with Crippen molar-refractivity contribution in [3.63, 3.8) is 0 Å². The smallest absolute Gasteiger partial charge is 0.221 e. The van der Waals surface area contributed by atoms with Crippen LogP contribution in [0.25, 0.3) is 0 Å². The minimum atomic E-state index is -0.487. The van der Waals surface area contributed by atoms with E-state index in [1.165, 1.54) is 27.7 Å². The lowest BCUT2D eigenvalue weighted by Crippen LogP contribution is -2.41. The lowest BCUT2D eigenvalue weighted by molar-refractivity contribution is -0.126. The lowest BCUT2D eigenvalue weighted by Gasteiger charge is -2.21. The number of Topliss-reactive ketones (excluding diaryl/α,β-unsaturated/α-hetero) is 4. The summed E-state index contributed by atoms with van der Waals surface area (Å²) in [5.74, 6) is -0.692. The number of nitrogens with one attached hydrogen (secondary N) is 3. The van der Waals surface area contributed by atoms with Crippen LogP contribution in [0.15, 0.2) is 0 Å². The monoisotopic (exact) mass is 453 g/mol. The van der Waals surface area contributed by atoms with Gasteiger partial charge in [0.1, 0.15) is 23.1 Å². The van der Waals surface area contributed by atoms with Crippen molar-refractivity contribution in [2.75, 3.05) is 7.05 Å². The second kappa shape index (κ2) is 16.2. The largest absolute Gasteiger partial charge is 0.353 e. The second-order valence-electron chi connectivity index (χ2n) is 8.55. The normalized spacial score (nSPS) is 13.5. The van der Waals surface area contributed by atoms with Crippen LogP contribution in [0.3, 0.4) is 0 Å². The van der Waals surface area contributed by atoms with Gasteiger partial charge >= 0.3 is 0 Å². The predicted molar refractivity (Wildman–Crippen MR) is 121 cm³/mol. The number of rotatable bonds is 18. The molecule has 0 fully saturated rings. The number of amides is 2. The Bertz CT molecular complexity index is 677. The third-order valence-electron chi connectivity index (χ3n) is 5.05. The third-order valence-corrected chi connectivity index (χ3v) is 5.05. The predicted octanol–water partition coefficient (Wildman–Crippen LogP) is 1.41. The van der Waals surface area contributed by atoms with E-state index in [0.29, 0.717) is 19.3 Å². The number of ketones is 4. The van der Waals surface area contributed by atoms with Gasteiger partial charge in [0.05, 0.1) is 0 Å². The molecule has 0 rings (SSSR count). The van der Waals surface area contributed by atoms with Crippen molar-refractivity contribution in [3.8, 4) is 0 Å². The van der Waals surface area contributed by atoms with Crippen LogP contribution in [-0.2, 0) is 28.8 Å². The number of hydrogen-bond acceptors (Lipinski definition) is 7. The Kier molecular flexibility index (Phi) is 15.0. The second-order valence-corrected chi connectivity index (χ2v) is 8.55. The molecule has 0 aliphatic heterocycles. The molecule has 0 heterocycles. The van der Waals surface area contributed by atoms with Gasteiger partial charge in [0.25, 0.3) is 0 Å². The van der Waals surface area contributed by atoms with Gasteiger partial charge in [-0.2, -0.15) is 0 Å². The fourth-order valence-corrected chi connectivity index (χ4v) is 3.36. The SMILES string of the molecule is CNC(CCC(C)=O)CC(=O)NC(CCC(=O)NC(CCC(C)=O)CC(C)=O)CC(C)=O. The molecule has 182 valence electrons. The summed E-state index contributed by atoms with van der Waals surface area (Å²) in [6, 6.07) is -1.06. The van der Waals surface area contributed by atoms with Gasteiger partial charge in [-0.15, -0.1) is 0 Å². The van der Waals surface area contributed by atoms with Gasteiger partial charge in [0.2, 0.25) is 11.8 Å². The van der Waals surface area contributed by atoms with Crippen LogP contribution in [0.5, 0.6) is 0 Å². The molecule has 0 saturated heterocycles. The maximum absolute atomic E-state index is 12.4. The van der Waals surface area contributed by atoms with Gasteiger partial charge in [-0.1, -0.05) is 0 Å². The highest BCUT2D eigenvalue weighted by molar-refractivity contribution is 5.82. The molecule has 0 aliphatic carbocycles. The molecule has 9 nitrogen and oxygen atoms in total. The molecule has 0 aromatic heterocycles. The molecule has 9 heteroatoms. The van der Waals surface area contributed by atoms with Gasteiger partial charge in [-0.3, -0.25) is 19.2 Å². The van der Waals surface area contributed by atoms with Crippen LogP contribution in [0, 0.1) is 0 Å². The third kappa shape index (κ3) is 16.3. The standard InChI is InChI=1S/C23H39N3O6/c1-15(27)6-8-19(24-5)14-23(32)26-21(13-18(4)30)10-11-22(31)25-20(12-17(3)29)9-7-16(2)28/h19-21,24H,6-14H2,1-5H3,(H,25,31)(H,26,32). The molecule has 3 N–H and O–H groups in total. The van der Waals surface area contributed by atoms with Gasteiger partial charge in [0.15, 0.2) is 0 Å². The molecule has 2 amide bonds. The Balaban J connectivity index is 4.79. The Morgan fingerprint density at radius 1 is 0.531 bits per heavy atom. The van der Waals surface area contributed by atoms with E-state index >= 15 is 0 Å². The summed E-state index contributed by atoms with van der Waals surface area (Å²) in [4.78, 5) is 70.3. The average molecular weight is 454 g/mol. The van der Waals surface area contributed by atoms with Crippen molar-refractivity contribution in [1.29, 1.82) is 0 Å². The summed E-state index contributed by atoms with van der Waals surface area (Å²) in [5.41, 5.74) is 0. The zero-order valence-electron chi connectivity index (χ0n) is 20.0. The number of carbonyl (C=O) groups is 6. The fourth-order valence-electron chi connectivity index (χ4n) is 3.36. The highest BCUT2D eigenvalue weighted by Crippen LogP contribution is 2.09. The average Bonchev–Trinajstić information content (AvgIpc) is 2.66. The topological polar surface area (TPSA) is 139 Å². The first kappa shape index (κ1) is 29.6. The highest BCUT2D eigenvalue weighted by Gasteiger charge is 2.20. The van der Waals surface area contributed by atoms with Crippen LogP contribution >= 0.6 is 0 Å². The molecular formula is C23H39N3O6. The maximum atomic E-state index is 12.4. The van der Waals surface area contributed by atoms with Gasteiger partial charge in [-0.25, -0.2) is 0 Å². The molecular weight excluding hydrogens is 414 g/mol. The first-order valence-corrected chi connectivity index (χ1v) is 11.2. The van der Waals surface area contributed by atoms with Crippen molar-refractivity contribution in [2.24, 2.45) is 0 Å². The van der Waals surface area contributed by atoms with Crippen molar-refractivity contribution < 1.29 is 28.8 Å². The number of hydrogen-bond donors (Lipinski definition) is 3. The molecule has 0 aromatic rings. The van der Waals surface area contributed by atoms with E-state index in [0.717, 1.165) is 0 Å². The summed E-state index contributed by atoms with van der Waals surface area (Å²) in [6.45, 7) is 5.82. The molecule has 32 heavy (non-hydrogen) atoms. The molecule has 0 spiro atoms. The van der Waals surface area contributed by atoms with E-state index in [4.69, 9.17) is 0 Å². The lowest BCUT2D eigenvalue weighted by atomic mass is 10.0. The highest BCUT2D eigenvalue weighted by atomic mass is 16.2. The Morgan fingerprint density at radius 3 is 1.34 bits per heavy atom. The Hall–Kier alpha value is -2.42. The maximum Gasteiger partial charge on any atom is 0.221 e. The molecule has 3 atom stereocenters. The number of carbonyl (C=O) groups excluding carboxylic acids is 6. The zero-order valence-corrected chi connectivity index (χ0v) is 20.0. The summed E-state index contributed by atoms with van der Waals surface area (Å²) in [7, 11) is 1.72. The van der Waals surface area contributed by atoms with Crippen molar-refractivity contribution in [3.05, 3.63) is 0 Å². The van der Waals surface area contributed by atoms with Crippen LogP contribution in [0.2, 0.25) is 0 Å². The fraction of sp³-hybridized carbons (Fsp3) is 0.739. The zero-order chi connectivity index (χ0) is 24.7. The summed E-state index contributed by atoms with van der Waals surface area (Å²) >= 11 is 0. The van der Waals surface area contributed by atoms with Crippen LogP contribution < -0.4 is 16.0 Å². The Labute approximate surface area is 190 Å². The van der Waals surface area contributed by atoms with E-state index in [1.807, 2.05) is 0 Å². The molecule has 0 aromatic carbocycles. The van der Waals surface area contributed by atoms with Gasteiger partial charge in [0, 0.05) is 56.7 Å². The summed E-state index contributed by atoms with van der Waals surface area (Å²) < 4.78 is 0. The van der Waals surface area contributed by atoms with Crippen molar-refractivity contribution in [1.82, 2.24) is 16.0 Å². The first-order chi connectivity index (χ1) is 14.9. The van der Waals surface area contributed by atoms with E-state index in [2.05, 4.69) is 16.0 Å². The van der Waals surface area contributed by atoms with Crippen LogP contribution in [0.1, 0.15) is 85.5 Å². The Morgan fingerprint density at radius 2 is 0.938 bits per heavy atom.